The van der Waals surface area contributed by atoms with Crippen molar-refractivity contribution >= 4 is 17.2 Å². The molecule has 1 heterocycles. The molecule has 19 heavy (non-hydrogen) atoms. The molecule has 0 aliphatic carbocycles. The van der Waals surface area contributed by atoms with Gasteiger partial charge >= 0.3 is 0 Å². The van der Waals surface area contributed by atoms with Gasteiger partial charge in [-0.1, -0.05) is 23.4 Å². The lowest BCUT2D eigenvalue weighted by Gasteiger charge is -2.05. The fraction of sp³-hybridized carbons (Fsp3) is 0.214. The van der Waals surface area contributed by atoms with Crippen molar-refractivity contribution in [1.82, 2.24) is 0 Å². The van der Waals surface area contributed by atoms with Crippen molar-refractivity contribution in [3.63, 3.8) is 0 Å². The highest BCUT2D eigenvalue weighted by Gasteiger charge is 1.98. The summed E-state index contributed by atoms with van der Waals surface area (Å²) in [7, 11) is 0. The maximum Gasteiger partial charge on any atom is 0.171 e. The first-order valence-electron chi connectivity index (χ1n) is 6.02. The number of hydrogen-bond acceptors (Lipinski definition) is 4. The molecule has 2 aromatic rings. The van der Waals surface area contributed by atoms with Crippen LogP contribution >= 0.6 is 11.3 Å². The molecule has 1 aromatic heterocycles. The largest absolute Gasteiger partial charge is 0.493 e. The molecule has 0 aliphatic heterocycles. The van der Waals surface area contributed by atoms with E-state index in [2.05, 4.69) is 5.16 Å². The number of rotatable bonds is 7. The molecule has 1 aromatic carbocycles. The Morgan fingerprint density at radius 2 is 2.00 bits per heavy atom. The Morgan fingerprint density at radius 3 is 2.74 bits per heavy atom. The molecule has 0 radical (unpaired) electrons. The van der Waals surface area contributed by atoms with E-state index in [1.807, 2.05) is 47.2 Å². The van der Waals surface area contributed by atoms with E-state index in [0.29, 0.717) is 19.0 Å². The maximum atomic E-state index is 5.75. The molecule has 0 aliphatic rings. The molecule has 0 fully saturated rings. The molecule has 0 unspecified atom stereocenters. The second-order valence-electron chi connectivity index (χ2n) is 3.84. The third kappa shape index (κ3) is 4.63. The van der Waals surface area contributed by atoms with Gasteiger partial charge in [-0.2, -0.15) is 11.3 Å². The summed E-state index contributed by atoms with van der Waals surface area (Å²) in [5, 5.41) is 7.74. The van der Waals surface area contributed by atoms with Crippen LogP contribution in [-0.2, 0) is 4.84 Å². The van der Waals surface area contributed by atoms with Crippen molar-refractivity contribution < 1.29 is 9.57 Å². The van der Waals surface area contributed by atoms with Gasteiger partial charge < -0.3 is 15.3 Å². The van der Waals surface area contributed by atoms with Crippen LogP contribution in [0.15, 0.2) is 52.3 Å². The van der Waals surface area contributed by atoms with Gasteiger partial charge in [0.15, 0.2) is 5.84 Å². The van der Waals surface area contributed by atoms with Crippen LogP contribution in [0.5, 0.6) is 5.75 Å². The Bertz CT molecular complexity index is 497. The van der Waals surface area contributed by atoms with Gasteiger partial charge in [0.05, 0.1) is 6.61 Å². The van der Waals surface area contributed by atoms with Gasteiger partial charge in [0.25, 0.3) is 0 Å². The first-order valence-corrected chi connectivity index (χ1v) is 6.96. The van der Waals surface area contributed by atoms with Crippen LogP contribution in [0.4, 0.5) is 0 Å². The van der Waals surface area contributed by atoms with Gasteiger partial charge in [-0.3, -0.25) is 0 Å². The molecule has 0 spiro atoms. The number of thiophene rings is 1. The number of benzene rings is 1. The van der Waals surface area contributed by atoms with Crippen LogP contribution in [0.1, 0.15) is 12.0 Å². The van der Waals surface area contributed by atoms with Crippen molar-refractivity contribution in [2.45, 2.75) is 6.42 Å². The van der Waals surface area contributed by atoms with Crippen molar-refractivity contribution in [1.29, 1.82) is 0 Å². The molecule has 0 atom stereocenters. The van der Waals surface area contributed by atoms with E-state index in [1.165, 1.54) is 0 Å². The number of nitrogens with zero attached hydrogens (tertiary/aromatic N) is 1. The number of hydrogen-bond donors (Lipinski definition) is 1. The van der Waals surface area contributed by atoms with Gasteiger partial charge in [0.1, 0.15) is 12.4 Å². The zero-order valence-corrected chi connectivity index (χ0v) is 11.3. The number of oxime groups is 1. The van der Waals surface area contributed by atoms with Gasteiger partial charge in [-0.15, -0.1) is 0 Å². The van der Waals surface area contributed by atoms with E-state index >= 15 is 0 Å². The topological polar surface area (TPSA) is 56.8 Å². The highest BCUT2D eigenvalue weighted by Crippen LogP contribution is 2.08. The summed E-state index contributed by atoms with van der Waals surface area (Å²) in [5.74, 6) is 1.27. The quantitative estimate of drug-likeness (QED) is 0.366. The average molecular weight is 276 g/mol. The molecule has 0 bridgehead atoms. The summed E-state index contributed by atoms with van der Waals surface area (Å²) in [6, 6.07) is 11.6. The van der Waals surface area contributed by atoms with Crippen molar-refractivity contribution in [3.05, 3.63) is 52.7 Å². The molecule has 100 valence electrons. The Kier molecular flexibility index (Phi) is 5.25. The molecule has 0 amide bonds. The number of ether oxygens (including phenoxy) is 1. The van der Waals surface area contributed by atoms with Crippen LogP contribution in [0.25, 0.3) is 0 Å². The first-order chi connectivity index (χ1) is 9.36. The predicted molar refractivity (Wildman–Crippen MR) is 77.5 cm³/mol. The van der Waals surface area contributed by atoms with E-state index in [4.69, 9.17) is 15.3 Å². The summed E-state index contributed by atoms with van der Waals surface area (Å²) < 4.78 is 5.53. The monoisotopic (exact) mass is 276 g/mol. The molecule has 5 heteroatoms. The van der Waals surface area contributed by atoms with Gasteiger partial charge in [-0.05, 0) is 23.6 Å². The van der Waals surface area contributed by atoms with Crippen molar-refractivity contribution in [2.24, 2.45) is 10.9 Å². The minimum Gasteiger partial charge on any atom is -0.493 e. The van der Waals surface area contributed by atoms with Gasteiger partial charge in [-0.25, -0.2) is 0 Å². The van der Waals surface area contributed by atoms with Gasteiger partial charge in [0.2, 0.25) is 0 Å². The minimum atomic E-state index is 0.408. The minimum absolute atomic E-state index is 0.408. The Hall–Kier alpha value is -2.01. The van der Waals surface area contributed by atoms with E-state index in [9.17, 15) is 0 Å². The summed E-state index contributed by atoms with van der Waals surface area (Å²) in [5.41, 5.74) is 6.64. The number of para-hydroxylation sites is 1. The first kappa shape index (κ1) is 13.4. The second-order valence-corrected chi connectivity index (χ2v) is 4.62. The molecular weight excluding hydrogens is 260 g/mol. The predicted octanol–water partition coefficient (Wildman–Crippen LogP) is 2.85. The third-order valence-electron chi connectivity index (χ3n) is 2.37. The highest BCUT2D eigenvalue weighted by molar-refractivity contribution is 7.08. The molecular formula is C14H16N2O2S. The third-order valence-corrected chi connectivity index (χ3v) is 3.05. The summed E-state index contributed by atoms with van der Waals surface area (Å²) >= 11 is 1.58. The summed E-state index contributed by atoms with van der Waals surface area (Å²) in [4.78, 5) is 5.14. The van der Waals surface area contributed by atoms with E-state index < -0.39 is 0 Å². The fourth-order valence-corrected chi connectivity index (χ4v) is 2.06. The number of nitrogens with two attached hydrogens (primary N) is 1. The van der Waals surface area contributed by atoms with Crippen LogP contribution in [0.2, 0.25) is 0 Å². The molecule has 2 rings (SSSR count). The molecule has 0 saturated heterocycles. The maximum absolute atomic E-state index is 5.75. The van der Waals surface area contributed by atoms with Gasteiger partial charge in [0, 0.05) is 17.4 Å². The van der Waals surface area contributed by atoms with E-state index in [1.54, 1.807) is 11.3 Å². The Labute approximate surface area is 116 Å². The fourth-order valence-electron chi connectivity index (χ4n) is 1.41. The molecule has 0 saturated carbocycles. The zero-order chi connectivity index (χ0) is 13.3. The normalized spacial score (nSPS) is 11.3. The molecule has 4 nitrogen and oxygen atoms in total. The second kappa shape index (κ2) is 7.43. The van der Waals surface area contributed by atoms with Crippen LogP contribution in [-0.4, -0.2) is 19.0 Å². The summed E-state index contributed by atoms with van der Waals surface area (Å²) in [6.07, 6.45) is 0.759. The standard InChI is InChI=1S/C14H16N2O2S/c15-14(12-7-10-19-11-12)16-18-9-4-8-17-13-5-2-1-3-6-13/h1-3,5-7,10-11H,4,8-9H2,(H2,15,16). The van der Waals surface area contributed by atoms with E-state index in [-0.39, 0.29) is 0 Å². The highest BCUT2D eigenvalue weighted by atomic mass is 32.1. The lowest BCUT2D eigenvalue weighted by atomic mass is 10.3. The van der Waals surface area contributed by atoms with Crippen molar-refractivity contribution in [2.75, 3.05) is 13.2 Å². The smallest absolute Gasteiger partial charge is 0.171 e. The molecule has 2 N–H and O–H groups in total. The van der Waals surface area contributed by atoms with Crippen LogP contribution in [0, 0.1) is 0 Å². The lowest BCUT2D eigenvalue weighted by molar-refractivity contribution is 0.127. The number of amidine groups is 1. The SMILES string of the molecule is N/C(=N/OCCCOc1ccccc1)c1ccsc1. The lowest BCUT2D eigenvalue weighted by Crippen LogP contribution is -2.13. The van der Waals surface area contributed by atoms with Crippen LogP contribution in [0.3, 0.4) is 0 Å². The summed E-state index contributed by atoms with van der Waals surface area (Å²) in [6.45, 7) is 1.08. The Balaban J connectivity index is 1.61. The Morgan fingerprint density at radius 1 is 1.16 bits per heavy atom. The van der Waals surface area contributed by atoms with Crippen molar-refractivity contribution in [3.8, 4) is 5.75 Å². The van der Waals surface area contributed by atoms with E-state index in [0.717, 1.165) is 17.7 Å². The average Bonchev–Trinajstić information content (AvgIpc) is 2.98. The zero-order valence-electron chi connectivity index (χ0n) is 10.5. The van der Waals surface area contributed by atoms with Crippen LogP contribution < -0.4 is 10.5 Å².